The number of amides is 1. The summed E-state index contributed by atoms with van der Waals surface area (Å²) >= 11 is 0. The molecular formula is C23H23N5O2. The van der Waals surface area contributed by atoms with E-state index >= 15 is 0 Å². The monoisotopic (exact) mass is 401 g/mol. The summed E-state index contributed by atoms with van der Waals surface area (Å²) in [6.07, 6.45) is 4.35. The van der Waals surface area contributed by atoms with E-state index in [-0.39, 0.29) is 11.6 Å². The fourth-order valence-electron chi connectivity index (χ4n) is 3.17. The van der Waals surface area contributed by atoms with Crippen LogP contribution < -0.4 is 10.1 Å². The quantitative estimate of drug-likeness (QED) is 0.509. The maximum Gasteiger partial charge on any atom is 0.281 e. The summed E-state index contributed by atoms with van der Waals surface area (Å²) in [5, 5.41) is 11.7. The predicted octanol–water partition coefficient (Wildman–Crippen LogP) is 3.94. The third-order valence-corrected chi connectivity index (χ3v) is 4.86. The summed E-state index contributed by atoms with van der Waals surface area (Å²) in [6.45, 7) is 2.69. The van der Waals surface area contributed by atoms with Crippen molar-refractivity contribution in [1.29, 1.82) is 0 Å². The number of ether oxygens (including phenoxy) is 1. The van der Waals surface area contributed by atoms with Crippen molar-refractivity contribution in [3.05, 3.63) is 89.9 Å². The molecule has 7 heteroatoms. The van der Waals surface area contributed by atoms with Crippen molar-refractivity contribution in [2.45, 2.75) is 19.9 Å². The van der Waals surface area contributed by atoms with E-state index in [9.17, 15) is 4.79 Å². The van der Waals surface area contributed by atoms with Crippen molar-refractivity contribution in [2.75, 3.05) is 12.4 Å². The van der Waals surface area contributed by atoms with Crippen molar-refractivity contribution in [2.24, 2.45) is 0 Å². The highest BCUT2D eigenvalue weighted by molar-refractivity contribution is 6.04. The van der Waals surface area contributed by atoms with Crippen LogP contribution in [0.1, 0.15) is 28.5 Å². The lowest BCUT2D eigenvalue weighted by atomic mass is 10.1. The first-order valence-corrected chi connectivity index (χ1v) is 9.78. The zero-order chi connectivity index (χ0) is 20.9. The molecule has 7 nitrogen and oxygen atoms in total. The lowest BCUT2D eigenvalue weighted by Gasteiger charge is -2.09. The van der Waals surface area contributed by atoms with Crippen LogP contribution in [0.2, 0.25) is 0 Å². The van der Waals surface area contributed by atoms with Crippen LogP contribution in [0, 0.1) is 0 Å². The van der Waals surface area contributed by atoms with Gasteiger partial charge in [-0.25, -0.2) is 9.36 Å². The van der Waals surface area contributed by atoms with E-state index in [4.69, 9.17) is 4.74 Å². The molecule has 4 rings (SSSR count). The molecule has 4 aromatic rings. The maximum absolute atomic E-state index is 12.9. The molecule has 0 spiro atoms. The number of hydrogen-bond donors (Lipinski definition) is 1. The van der Waals surface area contributed by atoms with Gasteiger partial charge in [0.2, 0.25) is 0 Å². The lowest BCUT2D eigenvalue weighted by molar-refractivity contribution is 0.101. The number of nitrogens with zero attached hydrogens (tertiary/aromatic N) is 4. The number of hydrogen-bond acceptors (Lipinski definition) is 4. The molecule has 0 aliphatic carbocycles. The zero-order valence-corrected chi connectivity index (χ0v) is 16.9. The van der Waals surface area contributed by atoms with Crippen LogP contribution in [-0.4, -0.2) is 32.6 Å². The summed E-state index contributed by atoms with van der Waals surface area (Å²) in [6, 6.07) is 19.7. The molecule has 1 amide bonds. The van der Waals surface area contributed by atoms with Crippen LogP contribution in [0.4, 0.5) is 5.82 Å². The van der Waals surface area contributed by atoms with Crippen LogP contribution in [0.15, 0.2) is 73.1 Å². The van der Waals surface area contributed by atoms with Crippen LogP contribution in [-0.2, 0) is 13.0 Å². The zero-order valence-electron chi connectivity index (χ0n) is 16.9. The van der Waals surface area contributed by atoms with Gasteiger partial charge in [-0.05, 0) is 29.7 Å². The number of para-hydroxylation sites is 1. The van der Waals surface area contributed by atoms with Gasteiger partial charge >= 0.3 is 0 Å². The molecule has 0 saturated heterocycles. The van der Waals surface area contributed by atoms with Crippen molar-refractivity contribution in [1.82, 2.24) is 19.6 Å². The minimum absolute atomic E-state index is 0.210. The average molecular weight is 401 g/mol. The molecule has 0 unspecified atom stereocenters. The van der Waals surface area contributed by atoms with Crippen LogP contribution in [0.5, 0.6) is 5.75 Å². The van der Waals surface area contributed by atoms with Gasteiger partial charge in [0.1, 0.15) is 5.82 Å². The topological polar surface area (TPSA) is 74.0 Å². The molecule has 0 bridgehead atoms. The summed E-state index contributed by atoms with van der Waals surface area (Å²) in [5.74, 6) is 0.637. The molecule has 0 aliphatic rings. The van der Waals surface area contributed by atoms with E-state index in [0.29, 0.717) is 18.1 Å². The molecule has 1 N–H and O–H groups in total. The van der Waals surface area contributed by atoms with E-state index in [0.717, 1.165) is 17.7 Å². The molecule has 0 aliphatic heterocycles. The highest BCUT2D eigenvalue weighted by Crippen LogP contribution is 2.21. The largest absolute Gasteiger partial charge is 0.493 e. The number of aromatic nitrogens is 4. The summed E-state index contributed by atoms with van der Waals surface area (Å²) < 4.78 is 8.74. The molecule has 2 aromatic heterocycles. The van der Waals surface area contributed by atoms with E-state index in [1.54, 1.807) is 27.8 Å². The summed E-state index contributed by atoms with van der Waals surface area (Å²) in [5.41, 5.74) is 3.45. The second kappa shape index (κ2) is 8.65. The van der Waals surface area contributed by atoms with Gasteiger partial charge in [-0.2, -0.15) is 10.2 Å². The third-order valence-electron chi connectivity index (χ3n) is 4.86. The second-order valence-electron chi connectivity index (χ2n) is 6.82. The number of anilines is 1. The molecule has 30 heavy (non-hydrogen) atoms. The van der Waals surface area contributed by atoms with E-state index in [1.165, 1.54) is 12.7 Å². The molecule has 0 radical (unpaired) electrons. The van der Waals surface area contributed by atoms with Crippen molar-refractivity contribution < 1.29 is 9.53 Å². The van der Waals surface area contributed by atoms with Gasteiger partial charge in [-0.3, -0.25) is 4.79 Å². The van der Waals surface area contributed by atoms with Gasteiger partial charge in [0.05, 0.1) is 31.7 Å². The molecule has 152 valence electrons. The Morgan fingerprint density at radius 2 is 1.77 bits per heavy atom. The van der Waals surface area contributed by atoms with Gasteiger partial charge in [-0.1, -0.05) is 49.4 Å². The van der Waals surface area contributed by atoms with Crippen molar-refractivity contribution in [3.63, 3.8) is 0 Å². The highest BCUT2D eigenvalue weighted by atomic mass is 16.5. The van der Waals surface area contributed by atoms with Gasteiger partial charge in [-0.15, -0.1) is 0 Å². The molecule has 2 heterocycles. The Morgan fingerprint density at radius 3 is 2.47 bits per heavy atom. The first kappa shape index (κ1) is 19.4. The Hall–Kier alpha value is -3.87. The lowest BCUT2D eigenvalue weighted by Crippen LogP contribution is -2.17. The standard InChI is InChI=1S/C23H23N5O2/c1-3-17-9-11-18(12-10-17)15-28-21(13-14-24-28)25-23(29)22-20(30-2)16-27(26-22)19-7-5-4-6-8-19/h4-14,16H,3,15H2,1-2H3,(H,25,29). The van der Waals surface area contributed by atoms with Crippen molar-refractivity contribution >= 4 is 11.7 Å². The number of benzene rings is 2. The van der Waals surface area contributed by atoms with Gasteiger partial charge < -0.3 is 10.1 Å². The van der Waals surface area contributed by atoms with Gasteiger partial charge in [0, 0.05) is 6.07 Å². The number of aryl methyl sites for hydroxylation is 1. The van der Waals surface area contributed by atoms with E-state index < -0.39 is 0 Å². The molecule has 0 saturated carbocycles. The molecular weight excluding hydrogens is 378 g/mol. The first-order chi connectivity index (χ1) is 14.7. The van der Waals surface area contributed by atoms with Crippen molar-refractivity contribution in [3.8, 4) is 11.4 Å². The van der Waals surface area contributed by atoms with Gasteiger partial charge in [0.25, 0.3) is 5.91 Å². The number of methoxy groups -OCH3 is 1. The number of carbonyl (C=O) groups is 1. The Balaban J connectivity index is 1.53. The van der Waals surface area contributed by atoms with Crippen LogP contribution in [0.25, 0.3) is 5.69 Å². The second-order valence-corrected chi connectivity index (χ2v) is 6.82. The minimum atomic E-state index is -0.357. The molecule has 2 aromatic carbocycles. The summed E-state index contributed by atoms with van der Waals surface area (Å²) in [4.78, 5) is 12.9. The van der Waals surface area contributed by atoms with E-state index in [1.807, 2.05) is 30.3 Å². The van der Waals surface area contributed by atoms with Crippen LogP contribution >= 0.6 is 0 Å². The Kier molecular flexibility index (Phi) is 5.61. The first-order valence-electron chi connectivity index (χ1n) is 9.78. The highest BCUT2D eigenvalue weighted by Gasteiger charge is 2.20. The smallest absolute Gasteiger partial charge is 0.281 e. The summed E-state index contributed by atoms with van der Waals surface area (Å²) in [7, 11) is 1.52. The Bertz CT molecular complexity index is 1130. The number of carbonyl (C=O) groups excluding carboxylic acids is 1. The fraction of sp³-hybridized carbons (Fsp3) is 0.174. The number of nitrogens with one attached hydrogen (secondary N) is 1. The molecule has 0 atom stereocenters. The average Bonchev–Trinajstić information content (AvgIpc) is 3.42. The SMILES string of the molecule is CCc1ccc(Cn2nccc2NC(=O)c2nn(-c3ccccc3)cc2OC)cc1. The Morgan fingerprint density at radius 1 is 1.03 bits per heavy atom. The van der Waals surface area contributed by atoms with Gasteiger partial charge in [0.15, 0.2) is 11.4 Å². The Labute approximate surface area is 174 Å². The maximum atomic E-state index is 12.9. The normalized spacial score (nSPS) is 10.7. The minimum Gasteiger partial charge on any atom is -0.493 e. The number of rotatable bonds is 7. The third kappa shape index (κ3) is 4.10. The van der Waals surface area contributed by atoms with E-state index in [2.05, 4.69) is 46.7 Å². The van der Waals surface area contributed by atoms with Crippen LogP contribution in [0.3, 0.4) is 0 Å². The predicted molar refractivity (Wildman–Crippen MR) is 115 cm³/mol. The molecule has 0 fully saturated rings. The fourth-order valence-corrected chi connectivity index (χ4v) is 3.17.